The lowest BCUT2D eigenvalue weighted by atomic mass is 9.91. The molecule has 1 aliphatic rings. The van der Waals surface area contributed by atoms with Gasteiger partial charge in [0.25, 0.3) is 0 Å². The van der Waals surface area contributed by atoms with Crippen molar-refractivity contribution in [3.8, 4) is 6.07 Å². The van der Waals surface area contributed by atoms with Crippen LogP contribution in [0.2, 0.25) is 0 Å². The smallest absolute Gasteiger partial charge is 0.0991 e. The van der Waals surface area contributed by atoms with Crippen LogP contribution in [0.3, 0.4) is 0 Å². The molecule has 1 aliphatic carbocycles. The Labute approximate surface area is 110 Å². The summed E-state index contributed by atoms with van der Waals surface area (Å²) in [5, 5.41) is 12.5. The van der Waals surface area contributed by atoms with Crippen molar-refractivity contribution in [1.29, 1.82) is 5.26 Å². The van der Waals surface area contributed by atoms with E-state index in [0.29, 0.717) is 11.5 Å². The van der Waals surface area contributed by atoms with Gasteiger partial charge in [-0.25, -0.2) is 0 Å². The monoisotopic (exact) mass is 242 g/mol. The molecule has 1 aromatic rings. The van der Waals surface area contributed by atoms with Crippen LogP contribution in [0.4, 0.5) is 0 Å². The van der Waals surface area contributed by atoms with Crippen LogP contribution in [-0.2, 0) is 6.54 Å². The fourth-order valence-corrected chi connectivity index (χ4v) is 3.17. The summed E-state index contributed by atoms with van der Waals surface area (Å²) in [5.74, 6) is 0.735. The maximum absolute atomic E-state index is 8.88. The van der Waals surface area contributed by atoms with Crippen LogP contribution < -0.4 is 5.32 Å². The lowest BCUT2D eigenvalue weighted by Gasteiger charge is -2.18. The highest BCUT2D eigenvalue weighted by Gasteiger charge is 2.36. The molecule has 0 amide bonds. The fraction of sp³-hybridized carbons (Fsp3) is 0.562. The molecule has 0 saturated heterocycles. The molecule has 2 nitrogen and oxygen atoms in total. The van der Waals surface area contributed by atoms with Crippen molar-refractivity contribution in [2.24, 2.45) is 11.3 Å². The van der Waals surface area contributed by atoms with E-state index in [1.165, 1.54) is 18.4 Å². The van der Waals surface area contributed by atoms with Gasteiger partial charge < -0.3 is 5.32 Å². The first-order chi connectivity index (χ1) is 8.50. The summed E-state index contributed by atoms with van der Waals surface area (Å²) >= 11 is 0. The lowest BCUT2D eigenvalue weighted by Crippen LogP contribution is -2.31. The Balaban J connectivity index is 1.94. The average Bonchev–Trinajstić information content (AvgIpc) is 2.60. The first-order valence-electron chi connectivity index (χ1n) is 6.73. The number of nitrogens with one attached hydrogen (secondary N) is 1. The summed E-state index contributed by atoms with van der Waals surface area (Å²) in [6.45, 7) is 7.89. The van der Waals surface area contributed by atoms with Crippen molar-refractivity contribution in [1.82, 2.24) is 5.32 Å². The Morgan fingerprint density at radius 3 is 2.78 bits per heavy atom. The normalized spacial score (nSPS) is 25.9. The van der Waals surface area contributed by atoms with Gasteiger partial charge in [0.1, 0.15) is 0 Å². The molecule has 0 heterocycles. The molecule has 2 rings (SSSR count). The highest BCUT2D eigenvalue weighted by Crippen LogP contribution is 2.40. The zero-order valence-corrected chi connectivity index (χ0v) is 11.5. The summed E-state index contributed by atoms with van der Waals surface area (Å²) in [4.78, 5) is 0. The van der Waals surface area contributed by atoms with Gasteiger partial charge in [0.15, 0.2) is 0 Å². The van der Waals surface area contributed by atoms with Gasteiger partial charge in [-0.2, -0.15) is 5.26 Å². The van der Waals surface area contributed by atoms with Crippen molar-refractivity contribution in [3.05, 3.63) is 35.4 Å². The number of rotatable bonds is 3. The fourth-order valence-electron chi connectivity index (χ4n) is 3.17. The van der Waals surface area contributed by atoms with Crippen LogP contribution in [0.15, 0.2) is 24.3 Å². The molecule has 2 atom stereocenters. The molecular formula is C16H22N2. The Morgan fingerprint density at radius 1 is 1.39 bits per heavy atom. The maximum atomic E-state index is 8.88. The highest BCUT2D eigenvalue weighted by molar-refractivity contribution is 5.32. The topological polar surface area (TPSA) is 35.8 Å². The molecule has 0 aromatic heterocycles. The van der Waals surface area contributed by atoms with Crippen molar-refractivity contribution in [2.45, 2.75) is 46.2 Å². The van der Waals surface area contributed by atoms with Gasteiger partial charge in [0.05, 0.1) is 11.6 Å². The third-order valence-corrected chi connectivity index (χ3v) is 3.96. The molecule has 2 heteroatoms. The molecule has 1 aromatic carbocycles. The zero-order chi connectivity index (χ0) is 13.2. The van der Waals surface area contributed by atoms with Gasteiger partial charge >= 0.3 is 0 Å². The van der Waals surface area contributed by atoms with Gasteiger partial charge in [-0.15, -0.1) is 0 Å². The van der Waals surface area contributed by atoms with E-state index in [2.05, 4.69) is 38.2 Å². The van der Waals surface area contributed by atoms with Crippen molar-refractivity contribution in [2.75, 3.05) is 0 Å². The van der Waals surface area contributed by atoms with E-state index in [9.17, 15) is 0 Å². The SMILES string of the molecule is CC1CC(C)(C)CC1NCc1cccc(C#N)c1. The van der Waals surface area contributed by atoms with Crippen molar-refractivity contribution >= 4 is 0 Å². The second-order valence-electron chi connectivity index (χ2n) is 6.35. The maximum Gasteiger partial charge on any atom is 0.0991 e. The minimum absolute atomic E-state index is 0.464. The summed E-state index contributed by atoms with van der Waals surface area (Å²) in [7, 11) is 0. The van der Waals surface area contributed by atoms with E-state index >= 15 is 0 Å². The quantitative estimate of drug-likeness (QED) is 0.881. The first kappa shape index (κ1) is 13.1. The third-order valence-electron chi connectivity index (χ3n) is 3.96. The van der Waals surface area contributed by atoms with Gasteiger partial charge in [0, 0.05) is 12.6 Å². The molecule has 96 valence electrons. The van der Waals surface area contributed by atoms with Gasteiger partial charge in [-0.05, 0) is 41.9 Å². The Kier molecular flexibility index (Phi) is 3.73. The Morgan fingerprint density at radius 2 is 2.17 bits per heavy atom. The standard InChI is InChI=1S/C16H22N2/c1-12-8-16(2,3)9-15(12)18-11-14-6-4-5-13(7-14)10-17/h4-7,12,15,18H,8-9,11H2,1-3H3. The summed E-state index contributed by atoms with van der Waals surface area (Å²) < 4.78 is 0. The van der Waals surface area contributed by atoms with E-state index in [-0.39, 0.29) is 0 Å². The largest absolute Gasteiger partial charge is 0.310 e. The van der Waals surface area contributed by atoms with E-state index in [1.54, 1.807) is 0 Å². The molecule has 0 radical (unpaired) electrons. The van der Waals surface area contributed by atoms with Crippen molar-refractivity contribution < 1.29 is 0 Å². The molecule has 1 N–H and O–H groups in total. The van der Waals surface area contributed by atoms with Crippen molar-refractivity contribution in [3.63, 3.8) is 0 Å². The molecule has 0 spiro atoms. The predicted molar refractivity (Wildman–Crippen MR) is 74.0 cm³/mol. The summed E-state index contributed by atoms with van der Waals surface area (Å²) in [6, 6.07) is 10.7. The van der Waals surface area contributed by atoms with E-state index < -0.39 is 0 Å². The van der Waals surface area contributed by atoms with Crippen LogP contribution in [0.5, 0.6) is 0 Å². The third kappa shape index (κ3) is 3.11. The molecule has 1 saturated carbocycles. The lowest BCUT2D eigenvalue weighted by molar-refractivity contribution is 0.362. The Bertz CT molecular complexity index is 456. The van der Waals surface area contributed by atoms with E-state index in [4.69, 9.17) is 5.26 Å². The molecule has 18 heavy (non-hydrogen) atoms. The van der Waals surface area contributed by atoms with Crippen LogP contribution in [0.25, 0.3) is 0 Å². The highest BCUT2D eigenvalue weighted by atomic mass is 14.9. The Hall–Kier alpha value is -1.33. The number of hydrogen-bond acceptors (Lipinski definition) is 2. The average molecular weight is 242 g/mol. The minimum atomic E-state index is 0.464. The molecule has 0 aliphatic heterocycles. The van der Waals surface area contributed by atoms with Gasteiger partial charge in [-0.1, -0.05) is 32.9 Å². The van der Waals surface area contributed by atoms with Crippen LogP contribution >= 0.6 is 0 Å². The molecular weight excluding hydrogens is 220 g/mol. The van der Waals surface area contributed by atoms with Crippen LogP contribution in [0, 0.1) is 22.7 Å². The first-order valence-corrected chi connectivity index (χ1v) is 6.73. The zero-order valence-electron chi connectivity index (χ0n) is 11.5. The second-order valence-corrected chi connectivity index (χ2v) is 6.35. The van der Waals surface area contributed by atoms with Gasteiger partial charge in [0.2, 0.25) is 0 Å². The van der Waals surface area contributed by atoms with Gasteiger partial charge in [-0.3, -0.25) is 0 Å². The molecule has 2 unspecified atom stereocenters. The number of benzene rings is 1. The second kappa shape index (κ2) is 5.12. The summed E-state index contributed by atoms with van der Waals surface area (Å²) in [6.07, 6.45) is 2.54. The number of nitrogens with zero attached hydrogens (tertiary/aromatic N) is 1. The number of hydrogen-bond donors (Lipinski definition) is 1. The molecule has 0 bridgehead atoms. The van der Waals surface area contributed by atoms with Crippen LogP contribution in [0.1, 0.15) is 44.7 Å². The summed E-state index contributed by atoms with van der Waals surface area (Å²) in [5.41, 5.74) is 2.41. The van der Waals surface area contributed by atoms with E-state index in [1.807, 2.05) is 18.2 Å². The van der Waals surface area contributed by atoms with E-state index in [0.717, 1.165) is 18.0 Å². The van der Waals surface area contributed by atoms with Crippen LogP contribution in [-0.4, -0.2) is 6.04 Å². The molecule has 1 fully saturated rings. The number of nitriles is 1. The predicted octanol–water partition coefficient (Wildman–Crippen LogP) is 3.47. The minimum Gasteiger partial charge on any atom is -0.310 e.